The van der Waals surface area contributed by atoms with Crippen molar-refractivity contribution in [1.29, 1.82) is 5.26 Å². The second kappa shape index (κ2) is 9.05. The van der Waals surface area contributed by atoms with E-state index < -0.39 is 38.5 Å². The molecule has 0 aliphatic carbocycles. The Labute approximate surface area is 188 Å². The molecule has 0 unspecified atom stereocenters. The van der Waals surface area contributed by atoms with E-state index in [-0.39, 0.29) is 23.1 Å². The highest BCUT2D eigenvalue weighted by molar-refractivity contribution is 7.92. The molecule has 0 saturated heterocycles. The minimum absolute atomic E-state index is 0.0324. The standard InChI is InChI=1S/C20H19N7O5S/c1-4-32-19(29)17-16(22)15(10-21)18(28)27(25-17)13-5-7-14(8-6-13)33(30,31)26-20-23-11(2)9-12(3)24-20/h5-9H,4,22H2,1-3H3,(H,23,24,26). The van der Waals surface area contributed by atoms with Crippen molar-refractivity contribution < 1.29 is 17.9 Å². The number of carbonyl (C=O) groups is 1. The maximum atomic E-state index is 12.7. The minimum atomic E-state index is -4.03. The molecule has 3 rings (SSSR count). The number of nitrogen functional groups attached to an aromatic ring is 1. The second-order valence-electron chi connectivity index (χ2n) is 6.76. The zero-order valence-electron chi connectivity index (χ0n) is 17.9. The summed E-state index contributed by atoms with van der Waals surface area (Å²) in [6.07, 6.45) is 0. The van der Waals surface area contributed by atoms with Crippen LogP contribution in [0.15, 0.2) is 40.0 Å². The monoisotopic (exact) mass is 469 g/mol. The van der Waals surface area contributed by atoms with Gasteiger partial charge in [0.15, 0.2) is 5.69 Å². The summed E-state index contributed by atoms with van der Waals surface area (Å²) in [5, 5.41) is 13.2. The molecule has 3 aromatic rings. The number of carbonyl (C=O) groups excluding carboxylic acids is 1. The minimum Gasteiger partial charge on any atom is -0.461 e. The third kappa shape index (κ3) is 4.80. The van der Waals surface area contributed by atoms with Crippen molar-refractivity contribution in [3.8, 4) is 11.8 Å². The van der Waals surface area contributed by atoms with Gasteiger partial charge < -0.3 is 10.5 Å². The lowest BCUT2D eigenvalue weighted by atomic mass is 10.2. The average Bonchev–Trinajstić information content (AvgIpc) is 2.73. The quantitative estimate of drug-likeness (QED) is 0.495. The van der Waals surface area contributed by atoms with E-state index in [0.717, 1.165) is 4.68 Å². The summed E-state index contributed by atoms with van der Waals surface area (Å²) in [5.74, 6) is -0.983. The van der Waals surface area contributed by atoms with Crippen molar-refractivity contribution in [3.05, 3.63) is 63.3 Å². The molecule has 0 aliphatic rings. The molecule has 170 valence electrons. The third-order valence-electron chi connectivity index (χ3n) is 4.31. The molecule has 12 nitrogen and oxygen atoms in total. The van der Waals surface area contributed by atoms with E-state index in [4.69, 9.17) is 10.5 Å². The molecule has 0 fully saturated rings. The third-order valence-corrected chi connectivity index (χ3v) is 5.65. The summed E-state index contributed by atoms with van der Waals surface area (Å²) in [5.41, 5.74) is 4.87. The van der Waals surface area contributed by atoms with Crippen molar-refractivity contribution >= 4 is 27.6 Å². The first-order chi connectivity index (χ1) is 15.6. The summed E-state index contributed by atoms with van der Waals surface area (Å²) >= 11 is 0. The van der Waals surface area contributed by atoms with Crippen LogP contribution in [-0.2, 0) is 14.8 Å². The van der Waals surface area contributed by atoms with Gasteiger partial charge in [-0.15, -0.1) is 0 Å². The predicted molar refractivity (Wildman–Crippen MR) is 117 cm³/mol. The molecule has 0 amide bonds. The van der Waals surface area contributed by atoms with Gasteiger partial charge in [-0.25, -0.2) is 27.9 Å². The van der Waals surface area contributed by atoms with Crippen LogP contribution in [0.2, 0.25) is 0 Å². The van der Waals surface area contributed by atoms with E-state index in [2.05, 4.69) is 19.8 Å². The maximum Gasteiger partial charge on any atom is 0.361 e. The fourth-order valence-corrected chi connectivity index (χ4v) is 3.83. The number of nitrogens with zero attached hydrogens (tertiary/aromatic N) is 5. The van der Waals surface area contributed by atoms with Crippen molar-refractivity contribution in [1.82, 2.24) is 19.7 Å². The number of esters is 1. The van der Waals surface area contributed by atoms with Crippen LogP contribution >= 0.6 is 0 Å². The summed E-state index contributed by atoms with van der Waals surface area (Å²) < 4.78 is 33.3. The normalized spacial score (nSPS) is 11.0. The highest BCUT2D eigenvalue weighted by Crippen LogP contribution is 2.18. The van der Waals surface area contributed by atoms with E-state index in [9.17, 15) is 23.3 Å². The SMILES string of the molecule is CCOC(=O)c1nn(-c2ccc(S(=O)(=O)Nc3nc(C)cc(C)n3)cc2)c(=O)c(C#N)c1N. The number of anilines is 2. The Kier molecular flexibility index (Phi) is 6.40. The molecule has 2 aromatic heterocycles. The van der Waals surface area contributed by atoms with Crippen LogP contribution in [0.1, 0.15) is 34.4 Å². The largest absolute Gasteiger partial charge is 0.461 e. The van der Waals surface area contributed by atoms with E-state index >= 15 is 0 Å². The number of nitriles is 1. The molecule has 0 aliphatic heterocycles. The van der Waals surface area contributed by atoms with Gasteiger partial charge in [0.25, 0.3) is 15.6 Å². The Morgan fingerprint density at radius 2 is 1.82 bits per heavy atom. The van der Waals surface area contributed by atoms with E-state index in [0.29, 0.717) is 11.4 Å². The number of nitrogens with one attached hydrogen (secondary N) is 1. The molecule has 0 radical (unpaired) electrons. The van der Waals surface area contributed by atoms with Crippen molar-refractivity contribution in [2.24, 2.45) is 0 Å². The van der Waals surface area contributed by atoms with Gasteiger partial charge in [-0.05, 0) is 51.1 Å². The van der Waals surface area contributed by atoms with Crippen molar-refractivity contribution in [2.45, 2.75) is 25.7 Å². The first-order valence-electron chi connectivity index (χ1n) is 9.53. The Morgan fingerprint density at radius 1 is 1.21 bits per heavy atom. The van der Waals surface area contributed by atoms with Crippen LogP contribution in [0.5, 0.6) is 0 Å². The van der Waals surface area contributed by atoms with Crippen molar-refractivity contribution in [2.75, 3.05) is 17.1 Å². The van der Waals surface area contributed by atoms with Crippen LogP contribution in [0.25, 0.3) is 5.69 Å². The van der Waals surface area contributed by atoms with E-state index in [1.165, 1.54) is 24.3 Å². The molecule has 0 spiro atoms. The summed E-state index contributed by atoms with van der Waals surface area (Å²) in [6, 6.07) is 8.38. The number of ether oxygens (including phenoxy) is 1. The van der Waals surface area contributed by atoms with Gasteiger partial charge >= 0.3 is 5.97 Å². The van der Waals surface area contributed by atoms with Gasteiger partial charge in [-0.1, -0.05) is 0 Å². The summed E-state index contributed by atoms with van der Waals surface area (Å²) in [4.78, 5) is 32.7. The lowest BCUT2D eigenvalue weighted by molar-refractivity contribution is 0.0518. The smallest absolute Gasteiger partial charge is 0.361 e. The Bertz CT molecular complexity index is 1420. The van der Waals surface area contributed by atoms with Crippen molar-refractivity contribution in [3.63, 3.8) is 0 Å². The lowest BCUT2D eigenvalue weighted by Gasteiger charge is -2.11. The number of sulfonamides is 1. The first-order valence-corrected chi connectivity index (χ1v) is 11.0. The molecule has 3 N–H and O–H groups in total. The highest BCUT2D eigenvalue weighted by Gasteiger charge is 2.23. The predicted octanol–water partition coefficient (Wildman–Crippen LogP) is 1.07. The molecule has 0 bridgehead atoms. The molecule has 33 heavy (non-hydrogen) atoms. The number of benzene rings is 1. The van der Waals surface area contributed by atoms with Gasteiger partial charge in [-0.2, -0.15) is 15.0 Å². The Balaban J connectivity index is 2.02. The lowest BCUT2D eigenvalue weighted by Crippen LogP contribution is -2.29. The van der Waals surface area contributed by atoms with Gasteiger partial charge in [-0.3, -0.25) is 4.79 Å². The molecule has 0 atom stereocenters. The zero-order valence-corrected chi connectivity index (χ0v) is 18.7. The number of aryl methyl sites for hydroxylation is 2. The number of hydrogen-bond acceptors (Lipinski definition) is 10. The topological polar surface area (TPSA) is 183 Å². The molecular formula is C20H19N7O5S. The molecular weight excluding hydrogens is 450 g/mol. The van der Waals surface area contributed by atoms with Gasteiger partial charge in [0, 0.05) is 11.4 Å². The van der Waals surface area contributed by atoms with E-state index in [1.807, 2.05) is 0 Å². The fraction of sp³-hybridized carbons (Fsp3) is 0.200. The van der Waals surface area contributed by atoms with Crippen LogP contribution < -0.4 is 16.0 Å². The number of rotatable bonds is 6. The molecule has 2 heterocycles. The van der Waals surface area contributed by atoms with E-state index in [1.54, 1.807) is 32.9 Å². The Morgan fingerprint density at radius 3 is 2.36 bits per heavy atom. The zero-order chi connectivity index (χ0) is 24.3. The second-order valence-corrected chi connectivity index (χ2v) is 8.44. The molecule has 0 saturated carbocycles. The van der Waals surface area contributed by atoms with Crippen LogP contribution in [0.3, 0.4) is 0 Å². The molecule has 13 heteroatoms. The summed E-state index contributed by atoms with van der Waals surface area (Å²) in [6.45, 7) is 5.02. The molecule has 1 aromatic carbocycles. The fourth-order valence-electron chi connectivity index (χ4n) is 2.89. The number of hydrogen-bond donors (Lipinski definition) is 2. The first kappa shape index (κ1) is 23.4. The van der Waals surface area contributed by atoms with Crippen LogP contribution in [0.4, 0.5) is 11.6 Å². The maximum absolute atomic E-state index is 12.7. The number of aromatic nitrogens is 4. The summed E-state index contributed by atoms with van der Waals surface area (Å²) in [7, 11) is -4.03. The van der Waals surface area contributed by atoms with Gasteiger partial charge in [0.2, 0.25) is 5.95 Å². The number of nitrogens with two attached hydrogens (primary N) is 1. The highest BCUT2D eigenvalue weighted by atomic mass is 32.2. The van der Waals surface area contributed by atoms with Gasteiger partial charge in [0.1, 0.15) is 11.6 Å². The Hall–Kier alpha value is -4.31. The van der Waals surface area contributed by atoms with Crippen LogP contribution in [-0.4, -0.2) is 40.7 Å². The van der Waals surface area contributed by atoms with Crippen LogP contribution in [0, 0.1) is 25.2 Å². The average molecular weight is 469 g/mol. The van der Waals surface area contributed by atoms with Gasteiger partial charge in [0.05, 0.1) is 22.9 Å².